The number of amides is 1. The number of hydrogen-bond acceptors (Lipinski definition) is 3. The second kappa shape index (κ2) is 6.19. The number of anilines is 2. The molecule has 0 fully saturated rings. The van der Waals surface area contributed by atoms with Gasteiger partial charge in [-0.1, -0.05) is 11.6 Å². The number of aromatic nitrogens is 1. The maximum Gasteiger partial charge on any atom is 0.274 e. The van der Waals surface area contributed by atoms with Crippen molar-refractivity contribution in [2.45, 2.75) is 0 Å². The van der Waals surface area contributed by atoms with Crippen LogP contribution in [0.5, 0.6) is 0 Å². The van der Waals surface area contributed by atoms with Gasteiger partial charge >= 0.3 is 0 Å². The highest BCUT2D eigenvalue weighted by Gasteiger charge is 2.14. The highest BCUT2D eigenvalue weighted by Crippen LogP contribution is 2.32. The Labute approximate surface area is 128 Å². The summed E-state index contributed by atoms with van der Waals surface area (Å²) in [7, 11) is 1.74. The Balaban J connectivity index is 2.28. The lowest BCUT2D eigenvalue weighted by atomic mass is 10.2. The number of nitrogens with one attached hydrogen (secondary N) is 2. The molecular formula is C13H10BrClFN3O. The van der Waals surface area contributed by atoms with Gasteiger partial charge in [0.2, 0.25) is 0 Å². The van der Waals surface area contributed by atoms with Crippen molar-refractivity contribution >= 4 is 44.8 Å². The Morgan fingerprint density at radius 3 is 2.80 bits per heavy atom. The van der Waals surface area contributed by atoms with E-state index in [1.807, 2.05) is 0 Å². The molecule has 7 heteroatoms. The number of halogens is 3. The van der Waals surface area contributed by atoms with Crippen molar-refractivity contribution in [3.8, 4) is 0 Å². The highest BCUT2D eigenvalue weighted by molar-refractivity contribution is 9.10. The van der Waals surface area contributed by atoms with Gasteiger partial charge in [0.25, 0.3) is 5.91 Å². The Morgan fingerprint density at radius 2 is 2.15 bits per heavy atom. The van der Waals surface area contributed by atoms with Gasteiger partial charge in [0.1, 0.15) is 11.5 Å². The van der Waals surface area contributed by atoms with Crippen LogP contribution >= 0.6 is 27.5 Å². The summed E-state index contributed by atoms with van der Waals surface area (Å²) in [5.74, 6) is -0.925. The minimum Gasteiger partial charge on any atom is -0.388 e. The molecule has 4 nitrogen and oxygen atoms in total. The lowest BCUT2D eigenvalue weighted by molar-refractivity contribution is 0.102. The monoisotopic (exact) mass is 357 g/mol. The van der Waals surface area contributed by atoms with E-state index in [1.54, 1.807) is 19.2 Å². The number of carbonyl (C=O) groups is 1. The van der Waals surface area contributed by atoms with Crippen molar-refractivity contribution in [3.63, 3.8) is 0 Å². The molecule has 0 spiro atoms. The molecule has 0 aliphatic rings. The lowest BCUT2D eigenvalue weighted by Crippen LogP contribution is -2.14. The van der Waals surface area contributed by atoms with Gasteiger partial charge in [-0.25, -0.2) is 4.39 Å². The molecule has 0 radical (unpaired) electrons. The number of rotatable bonds is 3. The maximum absolute atomic E-state index is 13.1. The summed E-state index contributed by atoms with van der Waals surface area (Å²) in [6.07, 6.45) is 1.52. The molecule has 0 bridgehead atoms. The molecule has 2 N–H and O–H groups in total. The minimum atomic E-state index is -0.491. The summed E-state index contributed by atoms with van der Waals surface area (Å²) in [6, 6.07) is 5.68. The van der Waals surface area contributed by atoms with E-state index in [2.05, 4.69) is 31.5 Å². The normalized spacial score (nSPS) is 10.2. The zero-order valence-electron chi connectivity index (χ0n) is 10.4. The first-order valence-corrected chi connectivity index (χ1v) is 6.78. The van der Waals surface area contributed by atoms with Gasteiger partial charge in [-0.05, 0) is 40.2 Å². The molecule has 0 atom stereocenters. The standard InChI is InChI=1S/C13H10BrClFN3O/c1-17-8-2-3-18-11(6-8)13(20)19-12-9(14)4-7(16)5-10(12)15/h2-6H,1H3,(H,17,18)(H,19,20). The fraction of sp³-hybridized carbons (Fsp3) is 0.0769. The minimum absolute atomic E-state index is 0.106. The average molecular weight is 359 g/mol. The second-order valence-corrected chi connectivity index (χ2v) is 5.14. The zero-order chi connectivity index (χ0) is 14.7. The first kappa shape index (κ1) is 14.7. The van der Waals surface area contributed by atoms with Gasteiger partial charge in [-0.15, -0.1) is 0 Å². The van der Waals surface area contributed by atoms with E-state index >= 15 is 0 Å². The van der Waals surface area contributed by atoms with Crippen LogP contribution in [0.4, 0.5) is 15.8 Å². The quantitative estimate of drug-likeness (QED) is 0.874. The number of carbonyl (C=O) groups excluding carboxylic acids is 1. The van der Waals surface area contributed by atoms with E-state index in [-0.39, 0.29) is 10.7 Å². The average Bonchev–Trinajstić information content (AvgIpc) is 2.42. The molecule has 1 aromatic carbocycles. The largest absolute Gasteiger partial charge is 0.388 e. The van der Waals surface area contributed by atoms with E-state index in [0.29, 0.717) is 10.2 Å². The SMILES string of the molecule is CNc1ccnc(C(=O)Nc2c(Cl)cc(F)cc2Br)c1. The first-order chi connectivity index (χ1) is 9.51. The molecule has 0 aliphatic heterocycles. The second-order valence-electron chi connectivity index (χ2n) is 3.88. The third kappa shape index (κ3) is 3.26. The highest BCUT2D eigenvalue weighted by atomic mass is 79.9. The zero-order valence-corrected chi connectivity index (χ0v) is 12.7. The summed E-state index contributed by atoms with van der Waals surface area (Å²) in [5.41, 5.74) is 1.29. The third-order valence-electron chi connectivity index (χ3n) is 2.53. The topological polar surface area (TPSA) is 54.0 Å². The molecule has 0 saturated heterocycles. The smallest absolute Gasteiger partial charge is 0.274 e. The van der Waals surface area contributed by atoms with Crippen molar-refractivity contribution in [1.29, 1.82) is 0 Å². The molecule has 1 amide bonds. The summed E-state index contributed by atoms with van der Waals surface area (Å²) >= 11 is 9.06. The predicted octanol–water partition coefficient (Wildman–Crippen LogP) is 3.93. The number of hydrogen-bond donors (Lipinski definition) is 2. The number of benzene rings is 1. The van der Waals surface area contributed by atoms with Crippen molar-refractivity contribution < 1.29 is 9.18 Å². The lowest BCUT2D eigenvalue weighted by Gasteiger charge is -2.10. The van der Waals surface area contributed by atoms with Crippen LogP contribution in [0, 0.1) is 5.82 Å². The van der Waals surface area contributed by atoms with E-state index < -0.39 is 11.7 Å². The van der Waals surface area contributed by atoms with Crippen LogP contribution in [0.15, 0.2) is 34.9 Å². The van der Waals surface area contributed by atoms with Crippen LogP contribution in [-0.2, 0) is 0 Å². The molecule has 2 aromatic rings. The van der Waals surface area contributed by atoms with Crippen LogP contribution in [0.2, 0.25) is 5.02 Å². The Bertz CT molecular complexity index is 643. The molecular weight excluding hydrogens is 349 g/mol. The molecule has 1 aromatic heterocycles. The third-order valence-corrected chi connectivity index (χ3v) is 3.45. The summed E-state index contributed by atoms with van der Waals surface area (Å²) in [6.45, 7) is 0. The molecule has 20 heavy (non-hydrogen) atoms. The van der Waals surface area contributed by atoms with Crippen LogP contribution in [0.3, 0.4) is 0 Å². The maximum atomic E-state index is 13.1. The van der Waals surface area contributed by atoms with Crippen molar-refractivity contribution in [1.82, 2.24) is 4.98 Å². The van der Waals surface area contributed by atoms with Crippen LogP contribution < -0.4 is 10.6 Å². The molecule has 2 rings (SSSR count). The number of nitrogens with zero attached hydrogens (tertiary/aromatic N) is 1. The molecule has 104 valence electrons. The predicted molar refractivity (Wildman–Crippen MR) is 80.8 cm³/mol. The van der Waals surface area contributed by atoms with E-state index in [4.69, 9.17) is 11.6 Å². The van der Waals surface area contributed by atoms with Crippen molar-refractivity contribution in [2.24, 2.45) is 0 Å². The van der Waals surface area contributed by atoms with E-state index in [0.717, 1.165) is 11.8 Å². The van der Waals surface area contributed by atoms with Gasteiger partial charge in [-0.3, -0.25) is 9.78 Å². The Kier molecular flexibility index (Phi) is 4.57. The fourth-order valence-corrected chi connectivity index (χ4v) is 2.45. The fourth-order valence-electron chi connectivity index (χ4n) is 1.55. The van der Waals surface area contributed by atoms with Gasteiger partial charge in [0, 0.05) is 23.4 Å². The van der Waals surface area contributed by atoms with Crippen LogP contribution in [-0.4, -0.2) is 17.9 Å². The summed E-state index contributed by atoms with van der Waals surface area (Å²) < 4.78 is 13.5. The molecule has 0 saturated carbocycles. The summed E-state index contributed by atoms with van der Waals surface area (Å²) in [4.78, 5) is 16.1. The van der Waals surface area contributed by atoms with Crippen molar-refractivity contribution in [2.75, 3.05) is 17.7 Å². The van der Waals surface area contributed by atoms with Crippen molar-refractivity contribution in [3.05, 3.63) is 51.5 Å². The van der Waals surface area contributed by atoms with Crippen LogP contribution in [0.1, 0.15) is 10.5 Å². The van der Waals surface area contributed by atoms with E-state index in [9.17, 15) is 9.18 Å². The van der Waals surface area contributed by atoms with Gasteiger partial charge in [-0.2, -0.15) is 0 Å². The molecule has 1 heterocycles. The van der Waals surface area contributed by atoms with Gasteiger partial charge in [0.05, 0.1) is 10.7 Å². The van der Waals surface area contributed by atoms with Gasteiger partial charge in [0.15, 0.2) is 0 Å². The van der Waals surface area contributed by atoms with E-state index in [1.165, 1.54) is 12.3 Å². The Hall–Kier alpha value is -1.66. The Morgan fingerprint density at radius 1 is 1.40 bits per heavy atom. The molecule has 0 aliphatic carbocycles. The van der Waals surface area contributed by atoms with Crippen LogP contribution in [0.25, 0.3) is 0 Å². The number of pyridine rings is 1. The summed E-state index contributed by atoms with van der Waals surface area (Å²) in [5, 5.41) is 5.62. The van der Waals surface area contributed by atoms with Gasteiger partial charge < -0.3 is 10.6 Å². The molecule has 0 unspecified atom stereocenters. The first-order valence-electron chi connectivity index (χ1n) is 5.61.